The molecule has 0 saturated carbocycles. The average molecular weight is 268 g/mol. The molecular formula is C15H28N2O2. The minimum atomic E-state index is 0.339. The van der Waals surface area contributed by atoms with Crippen molar-refractivity contribution in [3.8, 4) is 0 Å². The Morgan fingerprint density at radius 3 is 2.68 bits per heavy atom. The molecule has 0 bridgehead atoms. The van der Waals surface area contributed by atoms with Crippen molar-refractivity contribution >= 4 is 5.91 Å². The number of ether oxygens (including phenoxy) is 1. The second-order valence-electron chi connectivity index (χ2n) is 5.74. The Hall–Kier alpha value is -0.610. The van der Waals surface area contributed by atoms with Crippen LogP contribution in [0.4, 0.5) is 0 Å². The number of amides is 1. The summed E-state index contributed by atoms with van der Waals surface area (Å²) in [5.41, 5.74) is 0. The summed E-state index contributed by atoms with van der Waals surface area (Å²) >= 11 is 0. The van der Waals surface area contributed by atoms with Crippen molar-refractivity contribution in [2.75, 3.05) is 33.4 Å². The minimum absolute atomic E-state index is 0.339. The van der Waals surface area contributed by atoms with Gasteiger partial charge in [-0.05, 0) is 38.6 Å². The molecule has 2 saturated heterocycles. The standard InChI is InChI=1S/C15H28N2O2/c1-3-15(18)17-11-5-8-14(17)13-7-4-9-16(13)10-6-12-19-2/h13-14H,3-12H2,1-2H3/t13-,14-/m0/s1. The fourth-order valence-electron chi connectivity index (χ4n) is 3.68. The lowest BCUT2D eigenvalue weighted by Gasteiger charge is -2.35. The normalized spacial score (nSPS) is 28.2. The monoisotopic (exact) mass is 268 g/mol. The zero-order chi connectivity index (χ0) is 13.7. The third kappa shape index (κ3) is 3.48. The molecule has 2 aliphatic rings. The highest BCUT2D eigenvalue weighted by molar-refractivity contribution is 5.76. The smallest absolute Gasteiger partial charge is 0.222 e. The van der Waals surface area contributed by atoms with Gasteiger partial charge < -0.3 is 9.64 Å². The van der Waals surface area contributed by atoms with E-state index in [0.29, 0.717) is 24.4 Å². The second-order valence-corrected chi connectivity index (χ2v) is 5.74. The van der Waals surface area contributed by atoms with Crippen LogP contribution in [0.15, 0.2) is 0 Å². The number of hydrogen-bond donors (Lipinski definition) is 0. The van der Waals surface area contributed by atoms with Crippen LogP contribution < -0.4 is 0 Å². The molecule has 0 N–H and O–H groups in total. The van der Waals surface area contributed by atoms with Gasteiger partial charge in [-0.25, -0.2) is 0 Å². The summed E-state index contributed by atoms with van der Waals surface area (Å²) in [4.78, 5) is 16.8. The Kier molecular flexibility index (Phi) is 5.64. The first-order valence-corrected chi connectivity index (χ1v) is 7.80. The van der Waals surface area contributed by atoms with Crippen LogP contribution in [-0.4, -0.2) is 61.1 Å². The molecule has 2 rings (SSSR count). The quantitative estimate of drug-likeness (QED) is 0.690. The summed E-state index contributed by atoms with van der Waals surface area (Å²) in [5.74, 6) is 0.339. The zero-order valence-corrected chi connectivity index (χ0v) is 12.4. The summed E-state index contributed by atoms with van der Waals surface area (Å²) in [5, 5.41) is 0. The molecule has 19 heavy (non-hydrogen) atoms. The van der Waals surface area contributed by atoms with Crippen molar-refractivity contribution < 1.29 is 9.53 Å². The van der Waals surface area contributed by atoms with Crippen LogP contribution in [0.1, 0.15) is 45.4 Å². The highest BCUT2D eigenvalue weighted by atomic mass is 16.5. The molecule has 2 aliphatic heterocycles. The maximum atomic E-state index is 12.0. The number of nitrogens with zero attached hydrogens (tertiary/aromatic N) is 2. The van der Waals surface area contributed by atoms with E-state index in [1.54, 1.807) is 7.11 Å². The van der Waals surface area contributed by atoms with Crippen molar-refractivity contribution in [2.45, 2.75) is 57.5 Å². The maximum Gasteiger partial charge on any atom is 0.222 e. The van der Waals surface area contributed by atoms with E-state index in [4.69, 9.17) is 4.74 Å². The molecule has 110 valence electrons. The highest BCUT2D eigenvalue weighted by Crippen LogP contribution is 2.30. The van der Waals surface area contributed by atoms with E-state index < -0.39 is 0 Å². The lowest BCUT2D eigenvalue weighted by atomic mass is 10.0. The largest absolute Gasteiger partial charge is 0.385 e. The predicted octanol–water partition coefficient (Wildman–Crippen LogP) is 1.89. The lowest BCUT2D eigenvalue weighted by molar-refractivity contribution is -0.132. The average Bonchev–Trinajstić information content (AvgIpc) is 3.05. The summed E-state index contributed by atoms with van der Waals surface area (Å²) < 4.78 is 5.15. The van der Waals surface area contributed by atoms with Gasteiger partial charge in [0.2, 0.25) is 5.91 Å². The Labute approximate surface area is 117 Å². The summed E-state index contributed by atoms with van der Waals surface area (Å²) in [6.07, 6.45) is 6.65. The van der Waals surface area contributed by atoms with Gasteiger partial charge in [0.05, 0.1) is 0 Å². The van der Waals surface area contributed by atoms with Crippen molar-refractivity contribution in [3.63, 3.8) is 0 Å². The van der Waals surface area contributed by atoms with Crippen LogP contribution in [0.2, 0.25) is 0 Å². The first kappa shape index (κ1) is 14.8. The summed E-state index contributed by atoms with van der Waals surface area (Å²) in [6, 6.07) is 1.06. The van der Waals surface area contributed by atoms with Gasteiger partial charge in [-0.2, -0.15) is 0 Å². The number of carbonyl (C=O) groups is 1. The molecule has 0 radical (unpaired) electrons. The van der Waals surface area contributed by atoms with E-state index in [2.05, 4.69) is 9.80 Å². The van der Waals surface area contributed by atoms with Gasteiger partial charge in [-0.3, -0.25) is 9.69 Å². The first-order chi connectivity index (χ1) is 9.27. The minimum Gasteiger partial charge on any atom is -0.385 e. The maximum absolute atomic E-state index is 12.0. The zero-order valence-electron chi connectivity index (χ0n) is 12.4. The Morgan fingerprint density at radius 2 is 1.95 bits per heavy atom. The Balaban J connectivity index is 1.92. The number of hydrogen-bond acceptors (Lipinski definition) is 3. The van der Waals surface area contributed by atoms with Gasteiger partial charge in [0, 0.05) is 45.3 Å². The fraction of sp³-hybridized carbons (Fsp3) is 0.933. The molecule has 0 unspecified atom stereocenters. The third-order valence-electron chi connectivity index (χ3n) is 4.57. The van der Waals surface area contributed by atoms with Crippen LogP contribution in [-0.2, 0) is 9.53 Å². The summed E-state index contributed by atoms with van der Waals surface area (Å²) in [6.45, 7) is 6.09. The second kappa shape index (κ2) is 7.25. The molecule has 4 nitrogen and oxygen atoms in total. The lowest BCUT2D eigenvalue weighted by Crippen LogP contribution is -2.48. The van der Waals surface area contributed by atoms with Gasteiger partial charge >= 0.3 is 0 Å². The Bertz CT molecular complexity index is 296. The van der Waals surface area contributed by atoms with E-state index >= 15 is 0 Å². The molecule has 0 aromatic heterocycles. The molecule has 0 aromatic rings. The van der Waals surface area contributed by atoms with Crippen molar-refractivity contribution in [1.29, 1.82) is 0 Å². The summed E-state index contributed by atoms with van der Waals surface area (Å²) in [7, 11) is 1.76. The molecule has 2 fully saturated rings. The van der Waals surface area contributed by atoms with Crippen LogP contribution in [0.3, 0.4) is 0 Å². The molecule has 2 heterocycles. The molecule has 2 atom stereocenters. The molecule has 0 spiro atoms. The third-order valence-corrected chi connectivity index (χ3v) is 4.57. The Morgan fingerprint density at radius 1 is 1.21 bits per heavy atom. The van der Waals surface area contributed by atoms with Crippen LogP contribution in [0.25, 0.3) is 0 Å². The first-order valence-electron chi connectivity index (χ1n) is 7.80. The molecular weight excluding hydrogens is 240 g/mol. The number of carbonyl (C=O) groups excluding carboxylic acids is 1. The van der Waals surface area contributed by atoms with E-state index in [-0.39, 0.29) is 0 Å². The van der Waals surface area contributed by atoms with Gasteiger partial charge in [-0.1, -0.05) is 6.92 Å². The topological polar surface area (TPSA) is 32.8 Å². The van der Waals surface area contributed by atoms with Gasteiger partial charge in [0.25, 0.3) is 0 Å². The van der Waals surface area contributed by atoms with E-state index in [1.165, 1.54) is 32.2 Å². The van der Waals surface area contributed by atoms with Crippen LogP contribution in [0, 0.1) is 0 Å². The predicted molar refractivity (Wildman–Crippen MR) is 76.1 cm³/mol. The number of rotatable bonds is 6. The highest BCUT2D eigenvalue weighted by Gasteiger charge is 2.38. The van der Waals surface area contributed by atoms with E-state index in [0.717, 1.165) is 26.1 Å². The number of likely N-dealkylation sites (tertiary alicyclic amines) is 2. The molecule has 4 heteroatoms. The van der Waals surface area contributed by atoms with E-state index in [9.17, 15) is 4.79 Å². The fourth-order valence-corrected chi connectivity index (χ4v) is 3.68. The molecule has 1 amide bonds. The van der Waals surface area contributed by atoms with Crippen molar-refractivity contribution in [1.82, 2.24) is 9.80 Å². The van der Waals surface area contributed by atoms with Crippen LogP contribution >= 0.6 is 0 Å². The van der Waals surface area contributed by atoms with Crippen molar-refractivity contribution in [2.24, 2.45) is 0 Å². The van der Waals surface area contributed by atoms with Crippen molar-refractivity contribution in [3.05, 3.63) is 0 Å². The molecule has 0 aromatic carbocycles. The molecule has 0 aliphatic carbocycles. The number of methoxy groups -OCH3 is 1. The SMILES string of the molecule is CCC(=O)N1CCC[C@H]1[C@@H]1CCCN1CCCOC. The van der Waals surface area contributed by atoms with Gasteiger partial charge in [-0.15, -0.1) is 0 Å². The van der Waals surface area contributed by atoms with E-state index in [1.807, 2.05) is 6.92 Å². The van der Waals surface area contributed by atoms with Crippen LogP contribution in [0.5, 0.6) is 0 Å². The van der Waals surface area contributed by atoms with Gasteiger partial charge in [0.15, 0.2) is 0 Å². The van der Waals surface area contributed by atoms with Gasteiger partial charge in [0.1, 0.15) is 0 Å².